The minimum atomic E-state index is -4.46. The first-order valence-electron chi connectivity index (χ1n) is 5.88. The normalized spacial score (nSPS) is 27.9. The van der Waals surface area contributed by atoms with Gasteiger partial charge in [0.1, 0.15) is 0 Å². The highest BCUT2D eigenvalue weighted by atomic mass is 32.2. The fourth-order valence-corrected chi connectivity index (χ4v) is 2.75. The Balaban J connectivity index is 2.61. The van der Waals surface area contributed by atoms with E-state index in [1.54, 1.807) is 6.92 Å². The molecule has 0 bridgehead atoms. The number of hydrogen-bond donors (Lipinski definition) is 2. The van der Waals surface area contributed by atoms with Crippen molar-refractivity contribution in [3.8, 4) is 0 Å². The van der Waals surface area contributed by atoms with Crippen molar-refractivity contribution in [1.29, 1.82) is 0 Å². The molecule has 1 aliphatic rings. The zero-order chi connectivity index (χ0) is 14.7. The largest absolute Gasteiger partial charge is 0.481 e. The lowest BCUT2D eigenvalue weighted by molar-refractivity contribution is -0.146. The lowest BCUT2D eigenvalue weighted by atomic mass is 9.74. The first kappa shape index (κ1) is 16.1. The summed E-state index contributed by atoms with van der Waals surface area (Å²) in [5.74, 6) is -3.30. The summed E-state index contributed by atoms with van der Waals surface area (Å²) >= 11 is -0.421. The van der Waals surface area contributed by atoms with Crippen molar-refractivity contribution in [1.82, 2.24) is 5.32 Å². The van der Waals surface area contributed by atoms with E-state index in [-0.39, 0.29) is 0 Å². The summed E-state index contributed by atoms with van der Waals surface area (Å²) in [6.07, 6.45) is 2.40. The molecule has 0 radical (unpaired) electrons. The third kappa shape index (κ3) is 4.93. The van der Waals surface area contributed by atoms with Crippen molar-refractivity contribution in [2.24, 2.45) is 5.92 Å². The fraction of sp³-hybridized carbons (Fsp3) is 0.818. The van der Waals surface area contributed by atoms with Crippen LogP contribution in [0.3, 0.4) is 0 Å². The van der Waals surface area contributed by atoms with E-state index in [0.717, 1.165) is 12.8 Å². The average Bonchev–Trinajstić information content (AvgIpc) is 2.25. The molecule has 0 saturated heterocycles. The number of carbonyl (C=O) groups excluding carboxylic acids is 1. The highest BCUT2D eigenvalue weighted by Crippen LogP contribution is 2.34. The first-order valence-corrected chi connectivity index (χ1v) is 6.87. The zero-order valence-electron chi connectivity index (χ0n) is 10.4. The number of aliphatic carboxylic acids is 1. The highest BCUT2D eigenvalue weighted by molar-refractivity contribution is 8.00. The fourth-order valence-electron chi connectivity index (χ4n) is 2.38. The molecule has 0 aromatic rings. The van der Waals surface area contributed by atoms with E-state index < -0.39 is 46.4 Å². The molecule has 0 spiro atoms. The van der Waals surface area contributed by atoms with Crippen molar-refractivity contribution in [3.05, 3.63) is 0 Å². The van der Waals surface area contributed by atoms with Crippen LogP contribution in [-0.2, 0) is 9.59 Å². The molecule has 4 nitrogen and oxygen atoms in total. The van der Waals surface area contributed by atoms with E-state index in [0.29, 0.717) is 12.8 Å². The highest BCUT2D eigenvalue weighted by Gasteiger charge is 2.42. The van der Waals surface area contributed by atoms with Crippen LogP contribution in [0, 0.1) is 5.92 Å². The Morgan fingerprint density at radius 1 is 1.42 bits per heavy atom. The molecule has 2 atom stereocenters. The number of carboxylic acid groups (broad SMARTS) is 1. The molecule has 0 aromatic carbocycles. The molecule has 8 heteroatoms. The van der Waals surface area contributed by atoms with Crippen molar-refractivity contribution in [2.45, 2.75) is 43.7 Å². The summed E-state index contributed by atoms with van der Waals surface area (Å²) in [5, 5.41) is 11.6. The summed E-state index contributed by atoms with van der Waals surface area (Å²) in [4.78, 5) is 22.6. The van der Waals surface area contributed by atoms with Gasteiger partial charge in [0, 0.05) is 0 Å². The lowest BCUT2D eigenvalue weighted by Crippen LogP contribution is -2.56. The first-order chi connectivity index (χ1) is 8.64. The molecular weight excluding hydrogens is 283 g/mol. The molecule has 1 aliphatic carbocycles. The molecule has 2 unspecified atom stereocenters. The Morgan fingerprint density at radius 3 is 2.58 bits per heavy atom. The van der Waals surface area contributed by atoms with Crippen LogP contribution in [0.4, 0.5) is 13.2 Å². The van der Waals surface area contributed by atoms with Gasteiger partial charge in [-0.15, -0.1) is 0 Å². The van der Waals surface area contributed by atoms with Crippen LogP contribution in [0.25, 0.3) is 0 Å². The van der Waals surface area contributed by atoms with Crippen LogP contribution < -0.4 is 5.32 Å². The second-order valence-electron chi connectivity index (χ2n) is 4.84. The second-order valence-corrected chi connectivity index (χ2v) is 5.88. The molecule has 2 N–H and O–H groups in total. The van der Waals surface area contributed by atoms with E-state index in [9.17, 15) is 22.8 Å². The SMILES string of the molecule is CC1(NC(=O)CSC(F)(F)F)CCCCC1C(=O)O. The van der Waals surface area contributed by atoms with Gasteiger partial charge in [-0.2, -0.15) is 13.2 Å². The van der Waals surface area contributed by atoms with Gasteiger partial charge in [-0.25, -0.2) is 0 Å². The van der Waals surface area contributed by atoms with Gasteiger partial charge < -0.3 is 10.4 Å². The number of amides is 1. The van der Waals surface area contributed by atoms with Gasteiger partial charge in [-0.3, -0.25) is 9.59 Å². The molecule has 1 fully saturated rings. The summed E-state index contributed by atoms with van der Waals surface area (Å²) < 4.78 is 36.0. The summed E-state index contributed by atoms with van der Waals surface area (Å²) in [6, 6.07) is 0. The van der Waals surface area contributed by atoms with Crippen LogP contribution in [0.2, 0.25) is 0 Å². The van der Waals surface area contributed by atoms with E-state index >= 15 is 0 Å². The number of carbonyl (C=O) groups is 2. The monoisotopic (exact) mass is 299 g/mol. The summed E-state index contributed by atoms with van der Waals surface area (Å²) in [5.41, 5.74) is -5.43. The van der Waals surface area contributed by atoms with Gasteiger partial charge in [-0.1, -0.05) is 12.8 Å². The summed E-state index contributed by atoms with van der Waals surface area (Å²) in [6.45, 7) is 1.58. The number of alkyl halides is 3. The summed E-state index contributed by atoms with van der Waals surface area (Å²) in [7, 11) is 0. The molecule has 0 aromatic heterocycles. The van der Waals surface area contributed by atoms with Gasteiger partial charge in [0.25, 0.3) is 0 Å². The topological polar surface area (TPSA) is 66.4 Å². The van der Waals surface area contributed by atoms with Crippen LogP contribution >= 0.6 is 11.8 Å². The Morgan fingerprint density at radius 2 is 2.05 bits per heavy atom. The van der Waals surface area contributed by atoms with E-state index in [4.69, 9.17) is 5.11 Å². The standard InChI is InChI=1S/C11H16F3NO3S/c1-10(5-3-2-4-7(10)9(17)18)15-8(16)6-19-11(12,13)14/h7H,2-6H2,1H3,(H,15,16)(H,17,18). The number of nitrogens with one attached hydrogen (secondary N) is 1. The Bertz CT molecular complexity index is 362. The van der Waals surface area contributed by atoms with Crippen LogP contribution in [-0.4, -0.2) is 33.8 Å². The van der Waals surface area contributed by atoms with Gasteiger partial charge in [0.05, 0.1) is 17.2 Å². The van der Waals surface area contributed by atoms with E-state index in [1.165, 1.54) is 0 Å². The van der Waals surface area contributed by atoms with Gasteiger partial charge >= 0.3 is 11.5 Å². The maximum atomic E-state index is 12.0. The van der Waals surface area contributed by atoms with Gasteiger partial charge in [0.15, 0.2) is 0 Å². The lowest BCUT2D eigenvalue weighted by Gasteiger charge is -2.39. The van der Waals surface area contributed by atoms with Crippen molar-refractivity contribution in [2.75, 3.05) is 5.75 Å². The number of hydrogen-bond acceptors (Lipinski definition) is 3. The minimum absolute atomic E-state index is 0.421. The number of halogens is 3. The minimum Gasteiger partial charge on any atom is -0.481 e. The number of thioether (sulfide) groups is 1. The number of rotatable bonds is 4. The Hall–Kier alpha value is -0.920. The maximum Gasteiger partial charge on any atom is 0.442 e. The molecule has 0 heterocycles. The molecule has 19 heavy (non-hydrogen) atoms. The van der Waals surface area contributed by atoms with Crippen LogP contribution in [0.1, 0.15) is 32.6 Å². The van der Waals surface area contributed by atoms with Gasteiger partial charge in [0.2, 0.25) is 5.91 Å². The predicted octanol–water partition coefficient (Wildman–Crippen LogP) is 2.39. The zero-order valence-corrected chi connectivity index (χ0v) is 11.2. The molecule has 1 rings (SSSR count). The molecule has 0 aliphatic heterocycles. The molecule has 1 amide bonds. The quantitative estimate of drug-likeness (QED) is 0.836. The molecular formula is C11H16F3NO3S. The van der Waals surface area contributed by atoms with Crippen molar-refractivity contribution in [3.63, 3.8) is 0 Å². The Labute approximate surface area is 113 Å². The molecule has 110 valence electrons. The maximum absolute atomic E-state index is 12.0. The number of carboxylic acids is 1. The average molecular weight is 299 g/mol. The predicted molar refractivity (Wildman–Crippen MR) is 64.7 cm³/mol. The Kier molecular flexibility index (Phi) is 5.11. The van der Waals surface area contributed by atoms with Gasteiger partial charge in [-0.05, 0) is 31.5 Å². The second kappa shape index (κ2) is 6.02. The van der Waals surface area contributed by atoms with Crippen LogP contribution in [0.5, 0.6) is 0 Å². The van der Waals surface area contributed by atoms with E-state index in [2.05, 4.69) is 5.32 Å². The van der Waals surface area contributed by atoms with E-state index in [1.807, 2.05) is 0 Å². The van der Waals surface area contributed by atoms with Crippen molar-refractivity contribution >= 4 is 23.6 Å². The smallest absolute Gasteiger partial charge is 0.442 e. The van der Waals surface area contributed by atoms with Crippen LogP contribution in [0.15, 0.2) is 0 Å². The third-order valence-corrected chi connectivity index (χ3v) is 4.03. The third-order valence-electron chi connectivity index (χ3n) is 3.30. The molecule has 1 saturated carbocycles. The van der Waals surface area contributed by atoms with Crippen molar-refractivity contribution < 1.29 is 27.9 Å².